The SMILES string of the molecule is Cc1ccc(Br)cc1NC(=O)NCc1cccnc1. The lowest BCUT2D eigenvalue weighted by Crippen LogP contribution is -2.28. The van der Waals surface area contributed by atoms with Crippen LogP contribution in [0.3, 0.4) is 0 Å². The summed E-state index contributed by atoms with van der Waals surface area (Å²) in [7, 11) is 0. The molecule has 1 aromatic heterocycles. The van der Waals surface area contributed by atoms with E-state index in [1.807, 2.05) is 37.3 Å². The van der Waals surface area contributed by atoms with Crippen LogP contribution < -0.4 is 10.6 Å². The highest BCUT2D eigenvalue weighted by Gasteiger charge is 2.04. The standard InChI is InChI=1S/C14H14BrN3O/c1-10-4-5-12(15)7-13(10)18-14(19)17-9-11-3-2-6-16-8-11/h2-8H,9H2,1H3,(H2,17,18,19). The zero-order chi connectivity index (χ0) is 13.7. The Labute approximate surface area is 120 Å². The number of anilines is 1. The summed E-state index contributed by atoms with van der Waals surface area (Å²) in [6.45, 7) is 2.40. The second-order valence-corrected chi connectivity index (χ2v) is 5.04. The summed E-state index contributed by atoms with van der Waals surface area (Å²) in [6.07, 6.45) is 3.43. The Morgan fingerprint density at radius 2 is 2.21 bits per heavy atom. The van der Waals surface area contributed by atoms with Crippen molar-refractivity contribution >= 4 is 27.6 Å². The number of benzene rings is 1. The van der Waals surface area contributed by atoms with Crippen LogP contribution in [0.4, 0.5) is 10.5 Å². The molecule has 5 heteroatoms. The molecule has 0 radical (unpaired) electrons. The van der Waals surface area contributed by atoms with Gasteiger partial charge in [0.25, 0.3) is 0 Å². The van der Waals surface area contributed by atoms with Gasteiger partial charge >= 0.3 is 6.03 Å². The van der Waals surface area contributed by atoms with E-state index in [0.717, 1.165) is 21.3 Å². The number of urea groups is 1. The fraction of sp³-hybridized carbons (Fsp3) is 0.143. The van der Waals surface area contributed by atoms with Gasteiger partial charge in [0.1, 0.15) is 0 Å². The normalized spacial score (nSPS) is 10.0. The Bertz CT molecular complexity index is 572. The first-order valence-electron chi connectivity index (χ1n) is 5.85. The van der Waals surface area contributed by atoms with Crippen molar-refractivity contribution in [3.05, 3.63) is 58.3 Å². The highest BCUT2D eigenvalue weighted by Crippen LogP contribution is 2.20. The maximum atomic E-state index is 11.8. The molecule has 0 aliphatic heterocycles. The minimum absolute atomic E-state index is 0.231. The van der Waals surface area contributed by atoms with Gasteiger partial charge in [-0.3, -0.25) is 4.98 Å². The van der Waals surface area contributed by atoms with E-state index in [1.54, 1.807) is 12.4 Å². The molecule has 2 N–H and O–H groups in total. The number of nitrogens with zero attached hydrogens (tertiary/aromatic N) is 1. The minimum atomic E-state index is -0.231. The molecule has 0 unspecified atom stereocenters. The molecule has 19 heavy (non-hydrogen) atoms. The number of hydrogen-bond acceptors (Lipinski definition) is 2. The highest BCUT2D eigenvalue weighted by molar-refractivity contribution is 9.10. The van der Waals surface area contributed by atoms with E-state index in [-0.39, 0.29) is 6.03 Å². The van der Waals surface area contributed by atoms with Crippen LogP contribution in [0.5, 0.6) is 0 Å². The van der Waals surface area contributed by atoms with Crippen LogP contribution in [0, 0.1) is 6.92 Å². The Kier molecular flexibility index (Phi) is 4.52. The first-order valence-corrected chi connectivity index (χ1v) is 6.64. The van der Waals surface area contributed by atoms with Gasteiger partial charge in [0.15, 0.2) is 0 Å². The number of nitrogens with one attached hydrogen (secondary N) is 2. The minimum Gasteiger partial charge on any atom is -0.334 e. The summed E-state index contributed by atoms with van der Waals surface area (Å²) in [6, 6.07) is 9.28. The molecular formula is C14H14BrN3O. The fourth-order valence-electron chi connectivity index (χ4n) is 1.58. The number of hydrogen-bond donors (Lipinski definition) is 2. The van der Waals surface area contributed by atoms with E-state index in [4.69, 9.17) is 0 Å². The lowest BCUT2D eigenvalue weighted by Gasteiger charge is -2.10. The van der Waals surface area contributed by atoms with Crippen molar-refractivity contribution in [2.75, 3.05) is 5.32 Å². The smallest absolute Gasteiger partial charge is 0.319 e. The molecule has 4 nitrogen and oxygen atoms in total. The number of halogens is 1. The van der Waals surface area contributed by atoms with Gasteiger partial charge in [-0.05, 0) is 36.2 Å². The number of rotatable bonds is 3. The lowest BCUT2D eigenvalue weighted by atomic mass is 10.2. The Morgan fingerprint density at radius 1 is 1.37 bits per heavy atom. The number of aromatic nitrogens is 1. The van der Waals surface area contributed by atoms with E-state index in [0.29, 0.717) is 6.54 Å². The third-order valence-electron chi connectivity index (χ3n) is 2.62. The quantitative estimate of drug-likeness (QED) is 0.910. The molecule has 0 bridgehead atoms. The number of amides is 2. The molecule has 2 aromatic rings. The van der Waals surface area contributed by atoms with Crippen molar-refractivity contribution in [2.24, 2.45) is 0 Å². The Morgan fingerprint density at radius 3 is 2.95 bits per heavy atom. The van der Waals surface area contributed by atoms with Crippen LogP contribution >= 0.6 is 15.9 Å². The molecule has 98 valence electrons. The summed E-state index contributed by atoms with van der Waals surface area (Å²) < 4.78 is 0.931. The molecule has 0 aliphatic rings. The first-order chi connectivity index (χ1) is 9.15. The molecule has 0 saturated carbocycles. The summed E-state index contributed by atoms with van der Waals surface area (Å²) in [5.41, 5.74) is 2.77. The topological polar surface area (TPSA) is 54.0 Å². The molecule has 1 heterocycles. The third-order valence-corrected chi connectivity index (χ3v) is 3.12. The molecule has 0 saturated heterocycles. The van der Waals surface area contributed by atoms with Crippen molar-refractivity contribution in [1.29, 1.82) is 0 Å². The van der Waals surface area contributed by atoms with Gasteiger partial charge in [-0.2, -0.15) is 0 Å². The Balaban J connectivity index is 1.93. The molecule has 0 spiro atoms. The Hall–Kier alpha value is -1.88. The van der Waals surface area contributed by atoms with E-state index < -0.39 is 0 Å². The second kappa shape index (κ2) is 6.33. The van der Waals surface area contributed by atoms with Crippen molar-refractivity contribution in [3.8, 4) is 0 Å². The summed E-state index contributed by atoms with van der Waals surface area (Å²) in [5, 5.41) is 5.61. The highest BCUT2D eigenvalue weighted by atomic mass is 79.9. The predicted molar refractivity (Wildman–Crippen MR) is 79.0 cm³/mol. The van der Waals surface area contributed by atoms with Crippen LogP contribution in [0.1, 0.15) is 11.1 Å². The number of pyridine rings is 1. The van der Waals surface area contributed by atoms with Gasteiger partial charge in [-0.1, -0.05) is 28.1 Å². The average molecular weight is 320 g/mol. The monoisotopic (exact) mass is 319 g/mol. The summed E-state index contributed by atoms with van der Waals surface area (Å²) in [5.74, 6) is 0. The predicted octanol–water partition coefficient (Wildman–Crippen LogP) is 3.47. The van der Waals surface area contributed by atoms with E-state index in [1.165, 1.54) is 0 Å². The van der Waals surface area contributed by atoms with Crippen LogP contribution in [-0.4, -0.2) is 11.0 Å². The molecule has 2 rings (SSSR count). The second-order valence-electron chi connectivity index (χ2n) is 4.13. The van der Waals surface area contributed by atoms with Crippen molar-refractivity contribution in [1.82, 2.24) is 10.3 Å². The van der Waals surface area contributed by atoms with E-state index in [2.05, 4.69) is 31.5 Å². The van der Waals surface area contributed by atoms with Crippen LogP contribution in [0.25, 0.3) is 0 Å². The number of carbonyl (C=O) groups is 1. The maximum Gasteiger partial charge on any atom is 0.319 e. The van der Waals surface area contributed by atoms with Gasteiger partial charge in [0.05, 0.1) is 0 Å². The van der Waals surface area contributed by atoms with Crippen LogP contribution in [-0.2, 0) is 6.54 Å². The zero-order valence-electron chi connectivity index (χ0n) is 10.5. The van der Waals surface area contributed by atoms with Gasteiger partial charge in [-0.25, -0.2) is 4.79 Å². The van der Waals surface area contributed by atoms with Crippen molar-refractivity contribution in [3.63, 3.8) is 0 Å². The zero-order valence-corrected chi connectivity index (χ0v) is 12.1. The number of aryl methyl sites for hydroxylation is 1. The molecule has 2 amide bonds. The van der Waals surface area contributed by atoms with E-state index >= 15 is 0 Å². The molecule has 0 fully saturated rings. The van der Waals surface area contributed by atoms with E-state index in [9.17, 15) is 4.79 Å². The molecule has 1 aromatic carbocycles. The molecular weight excluding hydrogens is 306 g/mol. The third kappa shape index (κ3) is 4.06. The average Bonchev–Trinajstić information content (AvgIpc) is 2.42. The van der Waals surface area contributed by atoms with Crippen LogP contribution in [0.2, 0.25) is 0 Å². The fourth-order valence-corrected chi connectivity index (χ4v) is 1.94. The summed E-state index contributed by atoms with van der Waals surface area (Å²) in [4.78, 5) is 15.8. The molecule has 0 atom stereocenters. The van der Waals surface area contributed by atoms with Gasteiger partial charge < -0.3 is 10.6 Å². The largest absolute Gasteiger partial charge is 0.334 e. The van der Waals surface area contributed by atoms with Gasteiger partial charge in [0.2, 0.25) is 0 Å². The van der Waals surface area contributed by atoms with Crippen molar-refractivity contribution < 1.29 is 4.79 Å². The van der Waals surface area contributed by atoms with Gasteiger partial charge in [0, 0.05) is 29.1 Å². The molecule has 0 aliphatic carbocycles. The number of carbonyl (C=O) groups excluding carboxylic acids is 1. The maximum absolute atomic E-state index is 11.8. The van der Waals surface area contributed by atoms with Crippen LogP contribution in [0.15, 0.2) is 47.2 Å². The van der Waals surface area contributed by atoms with Crippen molar-refractivity contribution in [2.45, 2.75) is 13.5 Å². The lowest BCUT2D eigenvalue weighted by molar-refractivity contribution is 0.251. The van der Waals surface area contributed by atoms with Gasteiger partial charge in [-0.15, -0.1) is 0 Å². The summed E-state index contributed by atoms with van der Waals surface area (Å²) >= 11 is 3.38. The first kappa shape index (κ1) is 13.5.